The molecule has 0 radical (unpaired) electrons. The van der Waals surface area contributed by atoms with Gasteiger partial charge in [-0.25, -0.2) is 0 Å². The number of H-pyrrole nitrogens is 1. The van der Waals surface area contributed by atoms with Gasteiger partial charge in [-0.1, -0.05) is 24.3 Å². The summed E-state index contributed by atoms with van der Waals surface area (Å²) in [5, 5.41) is 10.4. The molecule has 0 unspecified atom stereocenters. The van der Waals surface area contributed by atoms with E-state index in [0.29, 0.717) is 25.7 Å². The van der Waals surface area contributed by atoms with Crippen LogP contribution in [0.4, 0.5) is 0 Å². The van der Waals surface area contributed by atoms with Gasteiger partial charge in [0.05, 0.1) is 6.42 Å². The summed E-state index contributed by atoms with van der Waals surface area (Å²) in [6.45, 7) is 0. The molecule has 25 heavy (non-hydrogen) atoms. The number of phenolic OH excluding ortho intramolecular Hbond substituents is 1. The lowest BCUT2D eigenvalue weighted by Crippen LogP contribution is -2.09. The second-order valence-electron chi connectivity index (χ2n) is 6.32. The molecule has 4 heteroatoms. The fourth-order valence-corrected chi connectivity index (χ4v) is 2.88. The van der Waals surface area contributed by atoms with Crippen molar-refractivity contribution < 1.29 is 14.7 Å². The van der Waals surface area contributed by atoms with Gasteiger partial charge in [0.25, 0.3) is 0 Å². The van der Waals surface area contributed by atoms with E-state index in [0.717, 1.165) is 22.0 Å². The Kier molecular flexibility index (Phi) is 5.29. The van der Waals surface area contributed by atoms with Gasteiger partial charge in [-0.05, 0) is 53.6 Å². The molecule has 4 nitrogen and oxygen atoms in total. The first kappa shape index (κ1) is 17.0. The summed E-state index contributed by atoms with van der Waals surface area (Å²) < 4.78 is 0. The predicted molar refractivity (Wildman–Crippen MR) is 97.7 cm³/mol. The zero-order chi connectivity index (χ0) is 17.6. The van der Waals surface area contributed by atoms with Crippen LogP contribution < -0.4 is 0 Å². The summed E-state index contributed by atoms with van der Waals surface area (Å²) >= 11 is 0. The molecule has 0 bridgehead atoms. The van der Waals surface area contributed by atoms with Crippen molar-refractivity contribution in [3.63, 3.8) is 0 Å². The van der Waals surface area contributed by atoms with Crippen LogP contribution in [0, 0.1) is 0 Å². The van der Waals surface area contributed by atoms with Crippen LogP contribution in [-0.4, -0.2) is 21.7 Å². The number of Topliss-reactive ketones (excluding diaryl/α,β-unsaturated/α-hetero) is 2. The number of carbonyl (C=O) groups is 2. The maximum atomic E-state index is 12.0. The Morgan fingerprint density at radius 1 is 0.840 bits per heavy atom. The van der Waals surface area contributed by atoms with Crippen molar-refractivity contribution in [1.82, 2.24) is 4.98 Å². The minimum absolute atomic E-state index is 0.00281. The molecule has 1 aromatic heterocycles. The smallest absolute Gasteiger partial charge is 0.140 e. The zero-order valence-electron chi connectivity index (χ0n) is 14.0. The van der Waals surface area contributed by atoms with E-state index in [2.05, 4.69) is 11.1 Å². The molecule has 0 aliphatic heterocycles. The van der Waals surface area contributed by atoms with Gasteiger partial charge in [-0.2, -0.15) is 0 Å². The van der Waals surface area contributed by atoms with Crippen LogP contribution in [-0.2, 0) is 22.4 Å². The van der Waals surface area contributed by atoms with Crippen LogP contribution in [0.1, 0.15) is 30.4 Å². The molecular weight excluding hydrogens is 314 g/mol. The number of aromatic nitrogens is 1. The first-order valence-electron chi connectivity index (χ1n) is 8.47. The number of carbonyl (C=O) groups excluding carboxylic acids is 2. The second-order valence-corrected chi connectivity index (χ2v) is 6.32. The van der Waals surface area contributed by atoms with Crippen molar-refractivity contribution in [3.05, 3.63) is 65.9 Å². The third kappa shape index (κ3) is 4.80. The van der Waals surface area contributed by atoms with Crippen molar-refractivity contribution in [1.29, 1.82) is 0 Å². The van der Waals surface area contributed by atoms with Crippen LogP contribution >= 0.6 is 0 Å². The molecule has 1 heterocycles. The van der Waals surface area contributed by atoms with Crippen molar-refractivity contribution >= 4 is 22.5 Å². The number of hydrogen-bond acceptors (Lipinski definition) is 3. The molecule has 3 aromatic rings. The van der Waals surface area contributed by atoms with E-state index in [9.17, 15) is 14.7 Å². The summed E-state index contributed by atoms with van der Waals surface area (Å²) in [7, 11) is 0. The third-order valence-electron chi connectivity index (χ3n) is 4.34. The fourth-order valence-electron chi connectivity index (χ4n) is 2.88. The molecule has 0 spiro atoms. The fraction of sp³-hybridized carbons (Fsp3) is 0.238. The molecule has 2 aromatic carbocycles. The average molecular weight is 335 g/mol. The number of aromatic amines is 1. The molecular formula is C21H21NO3. The highest BCUT2D eigenvalue weighted by Gasteiger charge is 2.10. The van der Waals surface area contributed by atoms with Gasteiger partial charge in [0.15, 0.2) is 0 Å². The zero-order valence-corrected chi connectivity index (χ0v) is 14.0. The first-order chi connectivity index (χ1) is 12.1. The van der Waals surface area contributed by atoms with E-state index in [1.165, 1.54) is 0 Å². The molecule has 128 valence electrons. The number of rotatable bonds is 8. The molecule has 0 fully saturated rings. The van der Waals surface area contributed by atoms with Crippen LogP contribution in [0.2, 0.25) is 0 Å². The van der Waals surface area contributed by atoms with Gasteiger partial charge in [-0.3, -0.25) is 9.59 Å². The van der Waals surface area contributed by atoms with Crippen molar-refractivity contribution in [2.75, 3.05) is 0 Å². The van der Waals surface area contributed by atoms with Crippen LogP contribution in [0.5, 0.6) is 5.75 Å². The molecule has 0 saturated carbocycles. The van der Waals surface area contributed by atoms with E-state index >= 15 is 0 Å². The van der Waals surface area contributed by atoms with Gasteiger partial charge in [0, 0.05) is 24.6 Å². The minimum atomic E-state index is -0.0297. The Balaban J connectivity index is 1.43. The van der Waals surface area contributed by atoms with Gasteiger partial charge < -0.3 is 10.1 Å². The quantitative estimate of drug-likeness (QED) is 0.612. The summed E-state index contributed by atoms with van der Waals surface area (Å²) in [6, 6.07) is 14.9. The number of aromatic hydroxyl groups is 1. The molecule has 0 saturated heterocycles. The van der Waals surface area contributed by atoms with Gasteiger partial charge in [0.2, 0.25) is 0 Å². The standard InChI is InChI=1S/C21H21NO3/c23-18-7-2-15(3-8-18)4-9-19(24)14-20(25)10-5-16-1-6-17-11-12-22-21(17)13-16/h1-3,6-8,11-13,22-23H,4-5,9-10,14H2. The predicted octanol–water partition coefficient (Wildman–Crippen LogP) is 3.97. The SMILES string of the molecule is O=C(CCc1ccc(O)cc1)CC(=O)CCc1ccc2cc[nH]c2c1. The maximum Gasteiger partial charge on any atom is 0.140 e. The van der Waals surface area contributed by atoms with Crippen molar-refractivity contribution in [3.8, 4) is 5.75 Å². The summed E-state index contributed by atoms with van der Waals surface area (Å²) in [5.74, 6) is 0.169. The number of phenols is 1. The Hall–Kier alpha value is -2.88. The normalized spacial score (nSPS) is 10.9. The van der Waals surface area contributed by atoms with E-state index in [4.69, 9.17) is 0 Å². The van der Waals surface area contributed by atoms with Crippen LogP contribution in [0.3, 0.4) is 0 Å². The largest absolute Gasteiger partial charge is 0.508 e. The van der Waals surface area contributed by atoms with Crippen molar-refractivity contribution in [2.45, 2.75) is 32.1 Å². The van der Waals surface area contributed by atoms with E-state index < -0.39 is 0 Å². The summed E-state index contributed by atoms with van der Waals surface area (Å²) in [4.78, 5) is 27.2. The summed E-state index contributed by atoms with van der Waals surface area (Å²) in [6.07, 6.45) is 3.88. The molecule has 3 rings (SSSR count). The van der Waals surface area contributed by atoms with Crippen molar-refractivity contribution in [2.24, 2.45) is 0 Å². The number of fused-ring (bicyclic) bond motifs is 1. The maximum absolute atomic E-state index is 12.0. The Morgan fingerprint density at radius 2 is 1.48 bits per heavy atom. The van der Waals surface area contributed by atoms with E-state index in [1.54, 1.807) is 24.3 Å². The van der Waals surface area contributed by atoms with Gasteiger partial charge >= 0.3 is 0 Å². The molecule has 0 aliphatic rings. The second kappa shape index (κ2) is 7.79. The van der Waals surface area contributed by atoms with Crippen LogP contribution in [0.15, 0.2) is 54.7 Å². The van der Waals surface area contributed by atoms with Gasteiger partial charge in [-0.15, -0.1) is 0 Å². The number of aryl methyl sites for hydroxylation is 2. The average Bonchev–Trinajstić information content (AvgIpc) is 3.07. The first-order valence-corrected chi connectivity index (χ1v) is 8.47. The van der Waals surface area contributed by atoms with Gasteiger partial charge in [0.1, 0.15) is 17.3 Å². The highest BCUT2D eigenvalue weighted by molar-refractivity contribution is 5.99. The molecule has 0 atom stereocenters. The Labute approximate surface area is 146 Å². The Morgan fingerprint density at radius 3 is 2.20 bits per heavy atom. The molecule has 0 aliphatic carbocycles. The number of hydrogen-bond donors (Lipinski definition) is 2. The topological polar surface area (TPSA) is 70.2 Å². The number of ketones is 2. The van der Waals surface area contributed by atoms with E-state index in [1.807, 2.05) is 24.4 Å². The highest BCUT2D eigenvalue weighted by atomic mass is 16.3. The number of nitrogens with one attached hydrogen (secondary N) is 1. The lowest BCUT2D eigenvalue weighted by molar-refractivity contribution is -0.126. The van der Waals surface area contributed by atoms with E-state index in [-0.39, 0.29) is 23.7 Å². The molecule has 2 N–H and O–H groups in total. The Bertz CT molecular complexity index is 878. The highest BCUT2D eigenvalue weighted by Crippen LogP contribution is 2.16. The monoisotopic (exact) mass is 335 g/mol. The lowest BCUT2D eigenvalue weighted by Gasteiger charge is -2.03. The third-order valence-corrected chi connectivity index (χ3v) is 4.34. The van der Waals surface area contributed by atoms with Crippen LogP contribution in [0.25, 0.3) is 10.9 Å². The lowest BCUT2D eigenvalue weighted by atomic mass is 10.0. The number of benzene rings is 2. The molecule has 0 amide bonds. The summed E-state index contributed by atoms with van der Waals surface area (Å²) in [5.41, 5.74) is 3.15. The minimum Gasteiger partial charge on any atom is -0.508 e.